The van der Waals surface area contributed by atoms with Gasteiger partial charge in [-0.3, -0.25) is 0 Å². The molecule has 0 amide bonds. The molecule has 0 aliphatic rings. The summed E-state index contributed by atoms with van der Waals surface area (Å²) in [7, 11) is 0. The minimum atomic E-state index is 0. The molecule has 0 radical (unpaired) electrons. The van der Waals surface area contributed by atoms with Crippen LogP contribution in [0, 0.1) is 0 Å². The number of hydrogen-bond acceptors (Lipinski definition) is 0. The molecule has 0 aromatic rings. The molecule has 0 rings (SSSR count). The Morgan fingerprint density at radius 2 is 1.20 bits per heavy atom. The van der Waals surface area contributed by atoms with E-state index in [0.717, 1.165) is 0 Å². The first kappa shape index (κ1) is 16.1. The second kappa shape index (κ2) is 15.7. The average molecular weight is 528 g/mol. The summed E-state index contributed by atoms with van der Waals surface area (Å²) in [5.74, 6) is 0. The number of alkyl halides is 2. The third kappa shape index (κ3) is 17.8. The van der Waals surface area contributed by atoms with Crippen LogP contribution in [0.3, 0.4) is 0 Å². The van der Waals surface area contributed by atoms with Crippen molar-refractivity contribution < 1.29 is 92.9 Å². The Labute approximate surface area is 136 Å². The zero-order valence-electron chi connectivity index (χ0n) is 2.84. The minimum Gasteiger partial charge on any atom is -1.00 e. The molecule has 28 valence electrons. The largest absolute Gasteiger partial charge is 1.00 e. The average Bonchev–Trinajstić information content (AvgIpc) is 0.918. The predicted octanol–water partition coefficient (Wildman–Crippen LogP) is -4.18. The summed E-state index contributed by atoms with van der Waals surface area (Å²) < 4.78 is 1.19. The molecule has 0 aliphatic heterocycles. The first-order valence-electron chi connectivity index (χ1n) is 0.535. The molecule has 0 unspecified atom stereocenters. The summed E-state index contributed by atoms with van der Waals surface area (Å²) in [6.07, 6.45) is 0. The van der Waals surface area contributed by atoms with E-state index in [9.17, 15) is 0 Å². The molecule has 0 aromatic carbocycles. The van der Waals surface area contributed by atoms with Crippen LogP contribution < -0.4 is 92.9 Å². The topological polar surface area (TPSA) is 0 Å². The van der Waals surface area contributed by atoms with Gasteiger partial charge in [-0.1, -0.05) is 45.2 Å². The number of halogens is 3. The fraction of sp³-hybridized carbons (Fsp3) is 1.00. The quantitative estimate of drug-likeness (QED) is 0.222. The van der Waals surface area contributed by atoms with Crippen molar-refractivity contribution in [2.45, 2.75) is 0 Å². The Hall–Kier alpha value is 4.24. The molecular weight excluding hydrogens is 526 g/mol. The summed E-state index contributed by atoms with van der Waals surface area (Å²) >= 11 is 4.55. The Balaban J connectivity index is -0.0000000200. The van der Waals surface area contributed by atoms with Crippen LogP contribution in [-0.4, -0.2) is 2.43 Å². The van der Waals surface area contributed by atoms with E-state index < -0.39 is 0 Å². The van der Waals surface area contributed by atoms with E-state index in [0.29, 0.717) is 0 Å². The van der Waals surface area contributed by atoms with Crippen molar-refractivity contribution >= 4 is 45.2 Å². The summed E-state index contributed by atoms with van der Waals surface area (Å²) in [6.45, 7) is 0. The van der Waals surface area contributed by atoms with Gasteiger partial charge in [0.1, 0.15) is 0 Å². The zero-order valence-corrected chi connectivity index (χ0v) is 15.6. The maximum atomic E-state index is 2.28. The predicted molar refractivity (Wildman–Crippen MR) is 32.9 cm³/mol. The Morgan fingerprint density at radius 1 is 1.20 bits per heavy atom. The summed E-state index contributed by atoms with van der Waals surface area (Å²) in [5, 5.41) is 0. The van der Waals surface area contributed by atoms with Gasteiger partial charge in [0.15, 0.2) is 0 Å². The van der Waals surface area contributed by atoms with Gasteiger partial charge in [0.05, 0.1) is 2.43 Å². The van der Waals surface area contributed by atoms with Crippen LogP contribution in [0.15, 0.2) is 0 Å². The maximum absolute atomic E-state index is 2.28. The summed E-state index contributed by atoms with van der Waals surface area (Å²) in [6, 6.07) is 0. The first-order chi connectivity index (χ1) is 1.41. The van der Waals surface area contributed by atoms with Crippen LogP contribution in [0.2, 0.25) is 0 Å². The van der Waals surface area contributed by atoms with Crippen LogP contribution in [-0.2, 0) is 0 Å². The van der Waals surface area contributed by atoms with Gasteiger partial charge >= 0.3 is 68.9 Å². The van der Waals surface area contributed by atoms with Crippen LogP contribution in [0.5, 0.6) is 0 Å². The first-order valence-corrected chi connectivity index (χ1v) is 3.59. The van der Waals surface area contributed by atoms with E-state index in [1.807, 2.05) is 0 Å². The smallest absolute Gasteiger partial charge is 1.00 e. The molecule has 5 heavy (non-hydrogen) atoms. The fourth-order valence-electron chi connectivity index (χ4n) is 0. The van der Waals surface area contributed by atoms with Crippen molar-refractivity contribution in [3.63, 3.8) is 0 Å². The minimum absolute atomic E-state index is 0. The SMILES string of the molecule is ICI.[Cs+].[I-]. The van der Waals surface area contributed by atoms with Gasteiger partial charge in [-0.25, -0.2) is 0 Å². The van der Waals surface area contributed by atoms with E-state index in [-0.39, 0.29) is 92.9 Å². The van der Waals surface area contributed by atoms with Gasteiger partial charge < -0.3 is 24.0 Å². The van der Waals surface area contributed by atoms with Gasteiger partial charge in [0.2, 0.25) is 0 Å². The van der Waals surface area contributed by atoms with Crippen molar-refractivity contribution in [3.8, 4) is 0 Å². The molecule has 0 bridgehead atoms. The van der Waals surface area contributed by atoms with Crippen molar-refractivity contribution in [1.29, 1.82) is 0 Å². The van der Waals surface area contributed by atoms with E-state index in [1.165, 1.54) is 2.43 Å². The van der Waals surface area contributed by atoms with Gasteiger partial charge in [0, 0.05) is 0 Å². The van der Waals surface area contributed by atoms with E-state index in [2.05, 4.69) is 45.2 Å². The zero-order chi connectivity index (χ0) is 2.71. The van der Waals surface area contributed by atoms with Crippen LogP contribution in [0.1, 0.15) is 0 Å². The van der Waals surface area contributed by atoms with Gasteiger partial charge in [-0.05, 0) is 0 Å². The van der Waals surface area contributed by atoms with E-state index in [1.54, 1.807) is 0 Å². The molecule has 0 nitrogen and oxygen atoms in total. The second-order valence-corrected chi connectivity index (χ2v) is 4.55. The molecule has 0 spiro atoms. The van der Waals surface area contributed by atoms with Crippen molar-refractivity contribution in [2.75, 3.05) is 2.43 Å². The third-order valence-electron chi connectivity index (χ3n) is 0. The number of hydrogen-bond donors (Lipinski definition) is 0. The molecule has 0 aromatic heterocycles. The molecule has 0 saturated carbocycles. The molecule has 0 atom stereocenters. The van der Waals surface area contributed by atoms with Crippen LogP contribution in [0.4, 0.5) is 0 Å². The molecule has 0 N–H and O–H groups in total. The molecule has 4 heteroatoms. The number of rotatable bonds is 0. The summed E-state index contributed by atoms with van der Waals surface area (Å²) in [4.78, 5) is 0. The summed E-state index contributed by atoms with van der Waals surface area (Å²) in [5.41, 5.74) is 0. The second-order valence-electron chi connectivity index (χ2n) is 0.101. The van der Waals surface area contributed by atoms with E-state index in [4.69, 9.17) is 0 Å². The Morgan fingerprint density at radius 3 is 1.20 bits per heavy atom. The standard InChI is InChI=1S/CH2I2.Cs.HI/c2-1-3;;/h1H2;;1H/q;+1;/p-1. The molecule has 0 fully saturated rings. The molecular formula is CH2CsI3. The molecule has 0 aliphatic carbocycles. The molecule has 0 saturated heterocycles. The Bertz CT molecular complexity index is 6.85. The van der Waals surface area contributed by atoms with Crippen molar-refractivity contribution in [3.05, 3.63) is 0 Å². The fourth-order valence-corrected chi connectivity index (χ4v) is 0. The van der Waals surface area contributed by atoms with Crippen molar-refractivity contribution in [2.24, 2.45) is 0 Å². The molecule has 0 heterocycles. The van der Waals surface area contributed by atoms with Gasteiger partial charge in [-0.2, -0.15) is 0 Å². The van der Waals surface area contributed by atoms with Crippen LogP contribution >= 0.6 is 45.2 Å². The van der Waals surface area contributed by atoms with Crippen LogP contribution in [0.25, 0.3) is 0 Å². The maximum Gasteiger partial charge on any atom is 1.00 e. The van der Waals surface area contributed by atoms with E-state index >= 15 is 0 Å². The van der Waals surface area contributed by atoms with Gasteiger partial charge in [0.25, 0.3) is 0 Å². The van der Waals surface area contributed by atoms with Crippen molar-refractivity contribution in [1.82, 2.24) is 0 Å². The Kier molecular flexibility index (Phi) is 50.7. The monoisotopic (exact) mass is 528 g/mol. The van der Waals surface area contributed by atoms with Gasteiger partial charge in [-0.15, -0.1) is 0 Å². The third-order valence-corrected chi connectivity index (χ3v) is 0. The normalized spacial score (nSPS) is 3.60.